The summed E-state index contributed by atoms with van der Waals surface area (Å²) in [6.07, 6.45) is 5.07. The van der Waals surface area contributed by atoms with E-state index in [2.05, 4.69) is 20.8 Å². The van der Waals surface area contributed by atoms with Gasteiger partial charge in [0, 0.05) is 0 Å². The fourth-order valence-electron chi connectivity index (χ4n) is 0.427. The van der Waals surface area contributed by atoms with Crippen molar-refractivity contribution in [3.8, 4) is 0 Å². The van der Waals surface area contributed by atoms with E-state index in [1.54, 1.807) is 6.92 Å². The Labute approximate surface area is 84.2 Å². The SMILES string of the molecule is [CH2-]C.[CH2-]CCCCC.[U+2]. The van der Waals surface area contributed by atoms with Crippen molar-refractivity contribution in [2.24, 2.45) is 0 Å². The molecule has 0 aromatic carbocycles. The summed E-state index contributed by atoms with van der Waals surface area (Å²) in [7, 11) is 0. The molecule has 0 atom stereocenters. The van der Waals surface area contributed by atoms with Gasteiger partial charge >= 0.3 is 31.1 Å². The Balaban J connectivity index is -0.000000109. The number of unbranched alkanes of at least 4 members (excludes halogenated alkanes) is 3. The second kappa shape index (κ2) is 23.0. The number of hydrogen-bond acceptors (Lipinski definition) is 0. The fraction of sp³-hybridized carbons (Fsp3) is 0.750. The van der Waals surface area contributed by atoms with Crippen molar-refractivity contribution in [2.45, 2.75) is 39.5 Å². The van der Waals surface area contributed by atoms with Crippen LogP contribution in [0, 0.1) is 45.0 Å². The first-order chi connectivity index (χ1) is 3.91. The van der Waals surface area contributed by atoms with Gasteiger partial charge in [-0.2, -0.15) is 13.3 Å². The minimum Gasteiger partial charge on any atom is -0.346 e. The molecule has 9 heavy (non-hydrogen) atoms. The first-order valence-corrected chi connectivity index (χ1v) is 3.41. The van der Waals surface area contributed by atoms with Gasteiger partial charge in [-0.3, -0.25) is 0 Å². The monoisotopic (exact) mass is 352 g/mol. The van der Waals surface area contributed by atoms with E-state index in [0.29, 0.717) is 0 Å². The van der Waals surface area contributed by atoms with Gasteiger partial charge in [-0.15, -0.1) is 0 Å². The molecule has 0 aliphatic heterocycles. The van der Waals surface area contributed by atoms with Crippen LogP contribution in [0.15, 0.2) is 0 Å². The van der Waals surface area contributed by atoms with Crippen molar-refractivity contribution in [3.05, 3.63) is 13.8 Å². The molecule has 0 heterocycles. The van der Waals surface area contributed by atoms with Crippen molar-refractivity contribution in [2.75, 3.05) is 0 Å². The summed E-state index contributed by atoms with van der Waals surface area (Å²) in [5, 5.41) is 0. The number of rotatable bonds is 3. The standard InChI is InChI=1S/C6H13.C2H5.U/c1-3-5-6-4-2;1-2;/h1,3-6H2,2H3;1H2,2H3;/q2*-1;+2. The zero-order valence-electron chi connectivity index (χ0n) is 6.74. The predicted molar refractivity (Wildman–Crippen MR) is 40.5 cm³/mol. The Morgan fingerprint density at radius 3 is 1.67 bits per heavy atom. The Hall–Kier alpha value is 1.05. The van der Waals surface area contributed by atoms with Gasteiger partial charge in [0.15, 0.2) is 0 Å². The van der Waals surface area contributed by atoms with E-state index in [4.69, 9.17) is 0 Å². The van der Waals surface area contributed by atoms with Crippen molar-refractivity contribution in [1.29, 1.82) is 0 Å². The van der Waals surface area contributed by atoms with Crippen LogP contribution in [0.25, 0.3) is 0 Å². The molecule has 0 N–H and O–H groups in total. The van der Waals surface area contributed by atoms with Crippen molar-refractivity contribution in [1.82, 2.24) is 0 Å². The fourth-order valence-corrected chi connectivity index (χ4v) is 0.427. The molecular weight excluding hydrogens is 334 g/mol. The molecule has 0 aliphatic carbocycles. The molecule has 1 heteroatoms. The van der Waals surface area contributed by atoms with Crippen LogP contribution >= 0.6 is 0 Å². The van der Waals surface area contributed by atoms with Crippen LogP contribution < -0.4 is 0 Å². The molecule has 54 valence electrons. The zero-order valence-corrected chi connectivity index (χ0v) is 10.9. The smallest absolute Gasteiger partial charge is 0.346 e. The molecule has 0 unspecified atom stereocenters. The van der Waals surface area contributed by atoms with Crippen LogP contribution in [0.2, 0.25) is 0 Å². The first kappa shape index (κ1) is 16.6. The second-order valence-corrected chi connectivity index (χ2v) is 1.56. The van der Waals surface area contributed by atoms with E-state index in [1.807, 2.05) is 0 Å². The predicted octanol–water partition coefficient (Wildman–Crippen LogP) is 3.24. The molecule has 0 amide bonds. The van der Waals surface area contributed by atoms with Crippen LogP contribution in [-0.2, 0) is 0 Å². The molecule has 0 aromatic rings. The number of hydrogen-bond donors (Lipinski definition) is 0. The minimum atomic E-state index is 0. The summed E-state index contributed by atoms with van der Waals surface area (Å²) in [5.74, 6) is 0. The van der Waals surface area contributed by atoms with Crippen LogP contribution in [-0.4, -0.2) is 0 Å². The van der Waals surface area contributed by atoms with E-state index in [9.17, 15) is 0 Å². The van der Waals surface area contributed by atoms with E-state index in [0.717, 1.165) is 6.42 Å². The van der Waals surface area contributed by atoms with Gasteiger partial charge in [0.05, 0.1) is 0 Å². The third kappa shape index (κ3) is 27.4. The van der Waals surface area contributed by atoms with Crippen molar-refractivity contribution in [3.63, 3.8) is 0 Å². The van der Waals surface area contributed by atoms with Gasteiger partial charge in [0.1, 0.15) is 0 Å². The summed E-state index contributed by atoms with van der Waals surface area (Å²) in [5.41, 5.74) is 0. The molecule has 0 radical (unpaired) electrons. The van der Waals surface area contributed by atoms with Crippen molar-refractivity contribution >= 4 is 0 Å². The van der Waals surface area contributed by atoms with Gasteiger partial charge in [-0.05, 0) is 0 Å². The van der Waals surface area contributed by atoms with Crippen LogP contribution in [0.4, 0.5) is 0 Å². The molecule has 0 aromatic heterocycles. The maximum Gasteiger partial charge on any atom is 2.00 e. The average Bonchev–Trinajstić information content (AvgIpc) is 1.88. The van der Waals surface area contributed by atoms with Gasteiger partial charge in [0.25, 0.3) is 0 Å². The van der Waals surface area contributed by atoms with Gasteiger partial charge in [-0.1, -0.05) is 26.2 Å². The van der Waals surface area contributed by atoms with E-state index >= 15 is 0 Å². The maximum atomic E-state index is 3.72. The normalized spacial score (nSPS) is 6.67. The summed E-state index contributed by atoms with van der Waals surface area (Å²) >= 11 is 0. The molecule has 0 fully saturated rings. The summed E-state index contributed by atoms with van der Waals surface area (Å²) < 4.78 is 0. The van der Waals surface area contributed by atoms with Crippen LogP contribution in [0.5, 0.6) is 0 Å². The topological polar surface area (TPSA) is 0 Å². The molecule has 0 rings (SSSR count). The Bertz CT molecular complexity index is 16.5. The quantitative estimate of drug-likeness (QED) is 0.540. The maximum absolute atomic E-state index is 3.72. The van der Waals surface area contributed by atoms with Gasteiger partial charge in [0.2, 0.25) is 0 Å². The molecule has 0 saturated heterocycles. The molecule has 0 nitrogen and oxygen atoms in total. The zero-order chi connectivity index (χ0) is 6.83. The van der Waals surface area contributed by atoms with E-state index in [-0.39, 0.29) is 31.1 Å². The Morgan fingerprint density at radius 2 is 1.56 bits per heavy atom. The minimum absolute atomic E-state index is 0. The first-order valence-electron chi connectivity index (χ1n) is 3.41. The third-order valence-electron chi connectivity index (χ3n) is 0.854. The summed E-state index contributed by atoms with van der Waals surface area (Å²) in [6, 6.07) is 0. The molecule has 0 aliphatic rings. The van der Waals surface area contributed by atoms with E-state index < -0.39 is 0 Å². The summed E-state index contributed by atoms with van der Waals surface area (Å²) in [4.78, 5) is 0. The van der Waals surface area contributed by atoms with Gasteiger partial charge in [-0.25, -0.2) is 0 Å². The molecule has 0 saturated carbocycles. The molecular formula is C8H18U. The molecule has 0 bridgehead atoms. The van der Waals surface area contributed by atoms with E-state index in [1.165, 1.54) is 19.3 Å². The largest absolute Gasteiger partial charge is 2.00 e. The Morgan fingerprint density at radius 1 is 1.11 bits per heavy atom. The Kier molecular flexibility index (Phi) is 42.3. The summed E-state index contributed by atoms with van der Waals surface area (Å²) in [6.45, 7) is 10.9. The van der Waals surface area contributed by atoms with Crippen molar-refractivity contribution < 1.29 is 31.1 Å². The van der Waals surface area contributed by atoms with Crippen LogP contribution in [0.3, 0.4) is 0 Å². The third-order valence-corrected chi connectivity index (χ3v) is 0.854. The second-order valence-electron chi connectivity index (χ2n) is 1.56. The molecule has 0 spiro atoms. The van der Waals surface area contributed by atoms with Gasteiger partial charge < -0.3 is 13.8 Å². The average molecular weight is 352 g/mol. The van der Waals surface area contributed by atoms with Crippen LogP contribution in [0.1, 0.15) is 39.5 Å².